The quantitative estimate of drug-likeness (QED) is 0.428. The number of rotatable bonds is 3. The molecule has 5 aromatic rings. The zero-order chi connectivity index (χ0) is 19.8. The van der Waals surface area contributed by atoms with Crippen LogP contribution in [0.1, 0.15) is 5.56 Å². The average Bonchev–Trinajstić information content (AvgIpc) is 3.17. The molecule has 0 spiro atoms. The molecule has 2 heterocycles. The molecule has 6 heteroatoms. The van der Waals surface area contributed by atoms with Crippen LogP contribution in [0.4, 0.5) is 16.1 Å². The third kappa shape index (κ3) is 3.05. The number of halogens is 1. The predicted octanol–water partition coefficient (Wildman–Crippen LogP) is 5.80. The SMILES string of the molecule is N#Cc1cccc(Nc2nc3c(-c4cccc(F)c4)nc4ccccc4c3o2)c1. The van der Waals surface area contributed by atoms with E-state index in [9.17, 15) is 4.39 Å². The summed E-state index contributed by atoms with van der Waals surface area (Å²) < 4.78 is 19.8. The van der Waals surface area contributed by atoms with Crippen molar-refractivity contribution in [3.05, 3.63) is 84.2 Å². The summed E-state index contributed by atoms with van der Waals surface area (Å²) in [6.07, 6.45) is 0. The van der Waals surface area contributed by atoms with Crippen LogP contribution in [0.2, 0.25) is 0 Å². The fourth-order valence-electron chi connectivity index (χ4n) is 3.28. The van der Waals surface area contributed by atoms with E-state index in [-0.39, 0.29) is 11.8 Å². The van der Waals surface area contributed by atoms with Crippen LogP contribution in [0.15, 0.2) is 77.2 Å². The maximum Gasteiger partial charge on any atom is 0.300 e. The number of hydrogen-bond donors (Lipinski definition) is 1. The Labute approximate surface area is 165 Å². The molecule has 0 unspecified atom stereocenters. The number of nitrogens with one attached hydrogen (secondary N) is 1. The van der Waals surface area contributed by atoms with Gasteiger partial charge in [-0.15, -0.1) is 0 Å². The molecule has 2 aromatic heterocycles. The van der Waals surface area contributed by atoms with Crippen LogP contribution in [-0.2, 0) is 0 Å². The molecule has 0 aliphatic rings. The summed E-state index contributed by atoms with van der Waals surface area (Å²) in [4.78, 5) is 9.28. The molecule has 0 aliphatic heterocycles. The van der Waals surface area contributed by atoms with Crippen LogP contribution in [0, 0.1) is 17.1 Å². The van der Waals surface area contributed by atoms with E-state index < -0.39 is 0 Å². The standard InChI is InChI=1S/C23H13FN4O/c24-16-7-4-6-15(12-16)20-21-22(18-9-1-2-10-19(18)27-20)29-23(28-21)26-17-8-3-5-14(11-17)13-25/h1-12H,(H,26,28). The Morgan fingerprint density at radius 2 is 1.79 bits per heavy atom. The van der Waals surface area contributed by atoms with E-state index in [1.54, 1.807) is 30.3 Å². The Hall–Kier alpha value is -4.24. The Morgan fingerprint density at radius 3 is 2.66 bits per heavy atom. The van der Waals surface area contributed by atoms with E-state index in [0.717, 1.165) is 10.9 Å². The third-order valence-electron chi connectivity index (χ3n) is 4.57. The molecule has 0 radical (unpaired) electrons. The highest BCUT2D eigenvalue weighted by molar-refractivity contribution is 6.06. The van der Waals surface area contributed by atoms with Gasteiger partial charge in [0.1, 0.15) is 17.0 Å². The minimum absolute atomic E-state index is 0.269. The van der Waals surface area contributed by atoms with E-state index in [1.165, 1.54) is 12.1 Å². The lowest BCUT2D eigenvalue weighted by Gasteiger charge is -2.04. The highest BCUT2D eigenvalue weighted by Crippen LogP contribution is 2.34. The number of aromatic nitrogens is 2. The first-order chi connectivity index (χ1) is 14.2. The van der Waals surface area contributed by atoms with Gasteiger partial charge in [0, 0.05) is 16.6 Å². The minimum Gasteiger partial charge on any atom is -0.422 e. The molecule has 138 valence electrons. The van der Waals surface area contributed by atoms with Crippen LogP contribution < -0.4 is 5.32 Å². The van der Waals surface area contributed by atoms with Gasteiger partial charge in [0.25, 0.3) is 6.01 Å². The van der Waals surface area contributed by atoms with Gasteiger partial charge in [-0.25, -0.2) is 9.37 Å². The minimum atomic E-state index is -0.347. The summed E-state index contributed by atoms with van der Waals surface area (Å²) in [6, 6.07) is 23.2. The average molecular weight is 380 g/mol. The van der Waals surface area contributed by atoms with Crippen molar-refractivity contribution in [2.24, 2.45) is 0 Å². The van der Waals surface area contributed by atoms with Gasteiger partial charge in [-0.3, -0.25) is 0 Å². The van der Waals surface area contributed by atoms with Gasteiger partial charge in [-0.1, -0.05) is 30.3 Å². The predicted molar refractivity (Wildman–Crippen MR) is 109 cm³/mol. The summed E-state index contributed by atoms with van der Waals surface area (Å²) in [7, 11) is 0. The smallest absolute Gasteiger partial charge is 0.300 e. The third-order valence-corrected chi connectivity index (χ3v) is 4.57. The van der Waals surface area contributed by atoms with Crippen LogP contribution >= 0.6 is 0 Å². The molecule has 0 saturated heterocycles. The number of para-hydroxylation sites is 1. The molecule has 1 N–H and O–H groups in total. The largest absolute Gasteiger partial charge is 0.422 e. The molecule has 29 heavy (non-hydrogen) atoms. The van der Waals surface area contributed by atoms with Crippen molar-refractivity contribution in [3.8, 4) is 17.3 Å². The first-order valence-corrected chi connectivity index (χ1v) is 8.94. The molecule has 0 aliphatic carbocycles. The topological polar surface area (TPSA) is 74.7 Å². The zero-order valence-corrected chi connectivity index (χ0v) is 15.1. The summed E-state index contributed by atoms with van der Waals surface area (Å²) >= 11 is 0. The van der Waals surface area contributed by atoms with Gasteiger partial charge in [0.15, 0.2) is 5.58 Å². The maximum absolute atomic E-state index is 13.8. The second-order valence-electron chi connectivity index (χ2n) is 6.50. The molecule has 0 amide bonds. The summed E-state index contributed by atoms with van der Waals surface area (Å²) in [5.41, 5.74) is 4.20. The monoisotopic (exact) mass is 380 g/mol. The molecule has 0 fully saturated rings. The Morgan fingerprint density at radius 1 is 0.931 bits per heavy atom. The van der Waals surface area contributed by atoms with Crippen LogP contribution in [0.5, 0.6) is 0 Å². The molecule has 0 saturated carbocycles. The van der Waals surface area contributed by atoms with Gasteiger partial charge in [0.05, 0.1) is 17.1 Å². The molecule has 0 atom stereocenters. The molecule has 5 rings (SSSR count). The van der Waals surface area contributed by atoms with Crippen LogP contribution in [0.3, 0.4) is 0 Å². The van der Waals surface area contributed by atoms with Gasteiger partial charge < -0.3 is 9.73 Å². The fraction of sp³-hybridized carbons (Fsp3) is 0. The maximum atomic E-state index is 13.8. The van der Waals surface area contributed by atoms with E-state index in [1.807, 2.05) is 30.3 Å². The molecular weight excluding hydrogens is 367 g/mol. The summed E-state index contributed by atoms with van der Waals surface area (Å²) in [5.74, 6) is -0.347. The molecule has 0 bridgehead atoms. The number of hydrogen-bond acceptors (Lipinski definition) is 5. The Kier molecular flexibility index (Phi) is 3.92. The van der Waals surface area contributed by atoms with Crippen molar-refractivity contribution in [2.45, 2.75) is 0 Å². The van der Waals surface area contributed by atoms with Crippen LogP contribution in [-0.4, -0.2) is 9.97 Å². The van der Waals surface area contributed by atoms with E-state index >= 15 is 0 Å². The second kappa shape index (κ2) is 6.73. The number of pyridine rings is 1. The van der Waals surface area contributed by atoms with E-state index in [0.29, 0.717) is 33.6 Å². The van der Waals surface area contributed by atoms with Gasteiger partial charge in [-0.05, 0) is 42.5 Å². The zero-order valence-electron chi connectivity index (χ0n) is 15.1. The van der Waals surface area contributed by atoms with E-state index in [4.69, 9.17) is 14.7 Å². The first-order valence-electron chi connectivity index (χ1n) is 8.94. The van der Waals surface area contributed by atoms with Crippen molar-refractivity contribution < 1.29 is 8.81 Å². The molecule has 5 nitrogen and oxygen atoms in total. The van der Waals surface area contributed by atoms with Crippen molar-refractivity contribution in [1.82, 2.24) is 9.97 Å². The number of benzene rings is 3. The van der Waals surface area contributed by atoms with Gasteiger partial charge >= 0.3 is 0 Å². The lowest BCUT2D eigenvalue weighted by molar-refractivity contribution is 0.626. The number of nitriles is 1. The summed E-state index contributed by atoms with van der Waals surface area (Å²) in [6.45, 7) is 0. The highest BCUT2D eigenvalue weighted by atomic mass is 19.1. The molecular formula is C23H13FN4O. The Balaban J connectivity index is 1.71. The highest BCUT2D eigenvalue weighted by Gasteiger charge is 2.17. The number of nitrogens with zero attached hydrogens (tertiary/aromatic N) is 3. The lowest BCUT2D eigenvalue weighted by Crippen LogP contribution is -1.91. The van der Waals surface area contributed by atoms with Gasteiger partial charge in [0.2, 0.25) is 0 Å². The van der Waals surface area contributed by atoms with Crippen molar-refractivity contribution in [3.63, 3.8) is 0 Å². The first kappa shape index (κ1) is 16.9. The van der Waals surface area contributed by atoms with Crippen molar-refractivity contribution in [1.29, 1.82) is 5.26 Å². The van der Waals surface area contributed by atoms with Gasteiger partial charge in [-0.2, -0.15) is 10.2 Å². The van der Waals surface area contributed by atoms with Crippen LogP contribution in [0.25, 0.3) is 33.3 Å². The second-order valence-corrected chi connectivity index (χ2v) is 6.50. The fourth-order valence-corrected chi connectivity index (χ4v) is 3.28. The number of fused-ring (bicyclic) bond motifs is 3. The Bertz CT molecular complexity index is 1420. The van der Waals surface area contributed by atoms with E-state index in [2.05, 4.69) is 16.4 Å². The molecule has 3 aromatic carbocycles. The normalized spacial score (nSPS) is 10.9. The number of anilines is 2. The van der Waals surface area contributed by atoms with Crippen molar-refractivity contribution >= 4 is 33.7 Å². The van der Waals surface area contributed by atoms with Crippen molar-refractivity contribution in [2.75, 3.05) is 5.32 Å². The summed E-state index contributed by atoms with van der Waals surface area (Å²) in [5, 5.41) is 13.0. The number of oxazole rings is 1. The lowest BCUT2D eigenvalue weighted by atomic mass is 10.1.